The van der Waals surface area contributed by atoms with Crippen LogP contribution >= 0.6 is 0 Å². The highest BCUT2D eigenvalue weighted by molar-refractivity contribution is 4.65. The largest absolute Gasteiger partial charge is 0.355 e. The molecule has 0 aliphatic heterocycles. The predicted octanol–water partition coefficient (Wildman–Crippen LogP) is 3.89. The molecule has 16 heavy (non-hydrogen) atoms. The van der Waals surface area contributed by atoms with Crippen LogP contribution in [0, 0.1) is 5.92 Å². The molecular weight excluding hydrogens is 200 g/mol. The summed E-state index contributed by atoms with van der Waals surface area (Å²) in [6.45, 7) is 1.45. The van der Waals surface area contributed by atoms with Crippen molar-refractivity contribution in [1.82, 2.24) is 0 Å². The SMILES string of the molecule is C1CCC(COCOC2CCCCC2)CC1. The third-order valence-electron chi connectivity index (χ3n) is 4.02. The zero-order valence-corrected chi connectivity index (χ0v) is 10.5. The molecule has 0 unspecified atom stereocenters. The van der Waals surface area contributed by atoms with Crippen molar-refractivity contribution in [1.29, 1.82) is 0 Å². The Morgan fingerprint density at radius 1 is 0.750 bits per heavy atom. The van der Waals surface area contributed by atoms with Crippen molar-refractivity contribution in [2.24, 2.45) is 5.92 Å². The van der Waals surface area contributed by atoms with E-state index in [1.807, 2.05) is 0 Å². The van der Waals surface area contributed by atoms with Gasteiger partial charge in [-0.15, -0.1) is 0 Å². The van der Waals surface area contributed by atoms with Crippen LogP contribution in [0.25, 0.3) is 0 Å². The lowest BCUT2D eigenvalue weighted by atomic mass is 9.90. The molecule has 2 aliphatic rings. The number of rotatable bonds is 5. The van der Waals surface area contributed by atoms with E-state index in [2.05, 4.69) is 0 Å². The van der Waals surface area contributed by atoms with Crippen LogP contribution in [-0.4, -0.2) is 19.5 Å². The highest BCUT2D eigenvalue weighted by atomic mass is 16.7. The van der Waals surface area contributed by atoms with E-state index in [0.717, 1.165) is 12.5 Å². The first-order chi connectivity index (χ1) is 7.95. The highest BCUT2D eigenvalue weighted by Gasteiger charge is 2.15. The molecular formula is C14H26O2. The highest BCUT2D eigenvalue weighted by Crippen LogP contribution is 2.24. The Morgan fingerprint density at radius 3 is 2.06 bits per heavy atom. The Morgan fingerprint density at radius 2 is 1.38 bits per heavy atom. The van der Waals surface area contributed by atoms with Crippen LogP contribution in [-0.2, 0) is 9.47 Å². The first-order valence-electron chi connectivity index (χ1n) is 7.14. The first kappa shape index (κ1) is 12.4. The molecule has 0 heterocycles. The van der Waals surface area contributed by atoms with Crippen LogP contribution in [0.1, 0.15) is 64.2 Å². The first-order valence-corrected chi connectivity index (χ1v) is 7.14. The normalized spacial score (nSPS) is 24.8. The molecule has 2 fully saturated rings. The average molecular weight is 226 g/mol. The third-order valence-corrected chi connectivity index (χ3v) is 4.02. The summed E-state index contributed by atoms with van der Waals surface area (Å²) >= 11 is 0. The van der Waals surface area contributed by atoms with Crippen LogP contribution in [0.15, 0.2) is 0 Å². The van der Waals surface area contributed by atoms with Gasteiger partial charge in [-0.05, 0) is 31.6 Å². The molecule has 0 amide bonds. The van der Waals surface area contributed by atoms with Crippen LogP contribution < -0.4 is 0 Å². The topological polar surface area (TPSA) is 18.5 Å². The third kappa shape index (κ3) is 4.42. The van der Waals surface area contributed by atoms with Gasteiger partial charge in [0.2, 0.25) is 0 Å². The Labute approximate surface area is 99.7 Å². The van der Waals surface area contributed by atoms with Gasteiger partial charge in [0.1, 0.15) is 6.79 Å². The summed E-state index contributed by atoms with van der Waals surface area (Å²) < 4.78 is 11.4. The molecule has 94 valence electrons. The van der Waals surface area contributed by atoms with Gasteiger partial charge in [-0.3, -0.25) is 0 Å². The van der Waals surface area contributed by atoms with Crippen LogP contribution in [0.5, 0.6) is 0 Å². The molecule has 0 radical (unpaired) electrons. The van der Waals surface area contributed by atoms with Gasteiger partial charge in [0.25, 0.3) is 0 Å². The van der Waals surface area contributed by atoms with E-state index in [0.29, 0.717) is 12.9 Å². The molecule has 0 spiro atoms. The fraction of sp³-hybridized carbons (Fsp3) is 1.00. The lowest BCUT2D eigenvalue weighted by Crippen LogP contribution is -2.20. The van der Waals surface area contributed by atoms with Crippen molar-refractivity contribution in [2.75, 3.05) is 13.4 Å². The lowest BCUT2D eigenvalue weighted by molar-refractivity contribution is -0.107. The maximum Gasteiger partial charge on any atom is 0.147 e. The molecule has 2 rings (SSSR count). The van der Waals surface area contributed by atoms with E-state index < -0.39 is 0 Å². The van der Waals surface area contributed by atoms with Gasteiger partial charge < -0.3 is 9.47 Å². The number of ether oxygens (including phenoxy) is 2. The summed E-state index contributed by atoms with van der Waals surface area (Å²) in [5.41, 5.74) is 0. The molecule has 0 aromatic heterocycles. The fourth-order valence-corrected chi connectivity index (χ4v) is 2.94. The van der Waals surface area contributed by atoms with Crippen molar-refractivity contribution < 1.29 is 9.47 Å². The van der Waals surface area contributed by atoms with Gasteiger partial charge in [-0.2, -0.15) is 0 Å². The van der Waals surface area contributed by atoms with E-state index >= 15 is 0 Å². The van der Waals surface area contributed by atoms with Gasteiger partial charge in [0.05, 0.1) is 12.7 Å². The average Bonchev–Trinajstić information content (AvgIpc) is 2.37. The van der Waals surface area contributed by atoms with Crippen LogP contribution in [0.2, 0.25) is 0 Å². The van der Waals surface area contributed by atoms with Gasteiger partial charge in [-0.1, -0.05) is 38.5 Å². The Kier molecular flexibility index (Phi) is 5.64. The summed E-state index contributed by atoms with van der Waals surface area (Å²) in [7, 11) is 0. The van der Waals surface area contributed by atoms with Crippen molar-refractivity contribution in [3.63, 3.8) is 0 Å². The second-order valence-corrected chi connectivity index (χ2v) is 5.42. The molecule has 2 heteroatoms. The summed E-state index contributed by atoms with van der Waals surface area (Å²) in [5, 5.41) is 0. The second-order valence-electron chi connectivity index (χ2n) is 5.42. The maximum absolute atomic E-state index is 5.75. The van der Waals surface area contributed by atoms with Crippen LogP contribution in [0.4, 0.5) is 0 Å². The van der Waals surface area contributed by atoms with E-state index in [-0.39, 0.29) is 0 Å². The number of hydrogen-bond donors (Lipinski definition) is 0. The molecule has 0 atom stereocenters. The maximum atomic E-state index is 5.75. The molecule has 0 aromatic carbocycles. The molecule has 2 nitrogen and oxygen atoms in total. The van der Waals surface area contributed by atoms with E-state index in [9.17, 15) is 0 Å². The zero-order chi connectivity index (χ0) is 11.1. The molecule has 0 N–H and O–H groups in total. The molecule has 0 aromatic rings. The second kappa shape index (κ2) is 7.29. The van der Waals surface area contributed by atoms with E-state index in [4.69, 9.17) is 9.47 Å². The summed E-state index contributed by atoms with van der Waals surface area (Å²) in [4.78, 5) is 0. The standard InChI is InChI=1S/C14H26O2/c1-3-7-13(8-4-1)11-15-12-16-14-9-5-2-6-10-14/h13-14H,1-12H2. The summed E-state index contributed by atoms with van der Waals surface area (Å²) in [5.74, 6) is 0.809. The van der Waals surface area contributed by atoms with Gasteiger partial charge in [0, 0.05) is 0 Å². The molecule has 2 aliphatic carbocycles. The Hall–Kier alpha value is -0.0800. The predicted molar refractivity (Wildman–Crippen MR) is 65.4 cm³/mol. The van der Waals surface area contributed by atoms with E-state index in [1.165, 1.54) is 64.2 Å². The number of hydrogen-bond acceptors (Lipinski definition) is 2. The minimum atomic E-state index is 0.486. The van der Waals surface area contributed by atoms with Gasteiger partial charge >= 0.3 is 0 Å². The van der Waals surface area contributed by atoms with E-state index in [1.54, 1.807) is 0 Å². The quantitative estimate of drug-likeness (QED) is 0.523. The van der Waals surface area contributed by atoms with Crippen molar-refractivity contribution in [3.05, 3.63) is 0 Å². The minimum Gasteiger partial charge on any atom is -0.355 e. The van der Waals surface area contributed by atoms with Gasteiger partial charge in [0.15, 0.2) is 0 Å². The molecule has 0 saturated heterocycles. The van der Waals surface area contributed by atoms with Crippen LogP contribution in [0.3, 0.4) is 0 Å². The lowest BCUT2D eigenvalue weighted by Gasteiger charge is -2.24. The van der Waals surface area contributed by atoms with Crippen molar-refractivity contribution in [3.8, 4) is 0 Å². The fourth-order valence-electron chi connectivity index (χ4n) is 2.94. The van der Waals surface area contributed by atoms with Gasteiger partial charge in [-0.25, -0.2) is 0 Å². The summed E-state index contributed by atoms with van der Waals surface area (Å²) in [6, 6.07) is 0. The minimum absolute atomic E-state index is 0.486. The smallest absolute Gasteiger partial charge is 0.147 e. The van der Waals surface area contributed by atoms with Crippen molar-refractivity contribution >= 4 is 0 Å². The Bertz CT molecular complexity index is 150. The van der Waals surface area contributed by atoms with Crippen molar-refractivity contribution in [2.45, 2.75) is 70.3 Å². The summed E-state index contributed by atoms with van der Waals surface area (Å²) in [6.07, 6.45) is 14.0. The zero-order valence-electron chi connectivity index (χ0n) is 10.5. The molecule has 2 saturated carbocycles. The monoisotopic (exact) mass is 226 g/mol. The molecule has 0 bridgehead atoms. The Balaban J connectivity index is 1.47.